The van der Waals surface area contributed by atoms with Crippen LogP contribution in [0.4, 0.5) is 0 Å². The minimum Gasteiger partial charge on any atom is -0.374 e. The van der Waals surface area contributed by atoms with Crippen molar-refractivity contribution in [2.24, 2.45) is 5.92 Å². The van der Waals surface area contributed by atoms with Crippen molar-refractivity contribution in [3.63, 3.8) is 0 Å². The molecule has 6 nitrogen and oxygen atoms in total. The average molecular weight is 327 g/mol. The summed E-state index contributed by atoms with van der Waals surface area (Å²) < 4.78 is 11.5. The van der Waals surface area contributed by atoms with Crippen molar-refractivity contribution in [2.45, 2.75) is 46.0 Å². The second-order valence-corrected chi connectivity index (χ2v) is 7.40. The summed E-state index contributed by atoms with van der Waals surface area (Å²) in [5.74, 6) is 0.740. The van der Waals surface area contributed by atoms with Gasteiger partial charge < -0.3 is 14.8 Å². The highest BCUT2D eigenvalue weighted by Crippen LogP contribution is 2.10. The van der Waals surface area contributed by atoms with E-state index >= 15 is 0 Å². The Morgan fingerprint density at radius 1 is 1.17 bits per heavy atom. The van der Waals surface area contributed by atoms with E-state index in [1.54, 1.807) is 0 Å². The molecule has 0 radical (unpaired) electrons. The fourth-order valence-electron chi connectivity index (χ4n) is 3.49. The maximum Gasteiger partial charge on any atom is 0.234 e. The van der Waals surface area contributed by atoms with E-state index in [0.717, 1.165) is 39.3 Å². The van der Waals surface area contributed by atoms with Crippen LogP contribution in [0.3, 0.4) is 0 Å². The zero-order valence-electron chi connectivity index (χ0n) is 15.1. The normalized spacial score (nSPS) is 30.6. The van der Waals surface area contributed by atoms with E-state index in [0.29, 0.717) is 19.0 Å². The first-order valence-corrected chi connectivity index (χ1v) is 8.91. The standard InChI is InChI=1S/C17H33N3O3/c1-13(2)8-19-5-6-22-16(11-19)7-18-17(21)12-20-9-14(3)23-15(4)10-20/h13-16H,5-12H2,1-4H3,(H,18,21). The molecule has 23 heavy (non-hydrogen) atoms. The van der Waals surface area contributed by atoms with Crippen LogP contribution in [0.1, 0.15) is 27.7 Å². The van der Waals surface area contributed by atoms with Gasteiger partial charge in [-0.1, -0.05) is 13.8 Å². The molecule has 0 saturated carbocycles. The van der Waals surface area contributed by atoms with Gasteiger partial charge in [0.15, 0.2) is 0 Å². The Kier molecular flexibility index (Phi) is 7.27. The van der Waals surface area contributed by atoms with Gasteiger partial charge in [-0.3, -0.25) is 14.6 Å². The molecule has 6 heteroatoms. The number of hydrogen-bond acceptors (Lipinski definition) is 5. The topological polar surface area (TPSA) is 54.0 Å². The minimum atomic E-state index is 0.0795. The van der Waals surface area contributed by atoms with Crippen molar-refractivity contribution in [2.75, 3.05) is 52.4 Å². The quantitative estimate of drug-likeness (QED) is 0.773. The summed E-state index contributed by atoms with van der Waals surface area (Å²) >= 11 is 0. The molecule has 2 saturated heterocycles. The highest BCUT2D eigenvalue weighted by molar-refractivity contribution is 5.78. The van der Waals surface area contributed by atoms with Gasteiger partial charge in [0.05, 0.1) is 31.5 Å². The highest BCUT2D eigenvalue weighted by Gasteiger charge is 2.25. The predicted octanol–water partition coefficient (Wildman–Crippen LogP) is 0.569. The Bertz CT molecular complexity index is 368. The molecule has 2 fully saturated rings. The van der Waals surface area contributed by atoms with Crippen LogP contribution in [0.15, 0.2) is 0 Å². The number of carbonyl (C=O) groups is 1. The second-order valence-electron chi connectivity index (χ2n) is 7.40. The van der Waals surface area contributed by atoms with Gasteiger partial charge in [-0.05, 0) is 19.8 Å². The summed E-state index contributed by atoms with van der Waals surface area (Å²) in [6, 6.07) is 0. The summed E-state index contributed by atoms with van der Waals surface area (Å²) in [6.07, 6.45) is 0.490. The fourth-order valence-corrected chi connectivity index (χ4v) is 3.49. The van der Waals surface area contributed by atoms with Gasteiger partial charge in [-0.25, -0.2) is 0 Å². The first kappa shape index (κ1) is 18.6. The molecule has 1 N–H and O–H groups in total. The van der Waals surface area contributed by atoms with E-state index in [1.807, 2.05) is 0 Å². The van der Waals surface area contributed by atoms with E-state index in [-0.39, 0.29) is 24.2 Å². The summed E-state index contributed by atoms with van der Waals surface area (Å²) in [5, 5.41) is 3.03. The number of ether oxygens (including phenoxy) is 2. The third-order valence-corrected chi connectivity index (χ3v) is 4.24. The van der Waals surface area contributed by atoms with Crippen LogP contribution in [0.2, 0.25) is 0 Å². The molecule has 3 atom stereocenters. The highest BCUT2D eigenvalue weighted by atomic mass is 16.5. The molecule has 2 heterocycles. The molecule has 0 aromatic carbocycles. The summed E-state index contributed by atoms with van der Waals surface area (Å²) in [4.78, 5) is 16.8. The van der Waals surface area contributed by atoms with Crippen LogP contribution in [-0.4, -0.2) is 86.4 Å². The van der Waals surface area contributed by atoms with Gasteiger partial charge in [0.2, 0.25) is 5.91 Å². The number of hydrogen-bond donors (Lipinski definition) is 1. The third-order valence-electron chi connectivity index (χ3n) is 4.24. The minimum absolute atomic E-state index is 0.0795. The van der Waals surface area contributed by atoms with Gasteiger partial charge in [0.1, 0.15) is 0 Å². The van der Waals surface area contributed by atoms with Crippen molar-refractivity contribution in [3.05, 3.63) is 0 Å². The predicted molar refractivity (Wildman–Crippen MR) is 90.5 cm³/mol. The number of nitrogens with zero attached hydrogens (tertiary/aromatic N) is 2. The number of nitrogens with one attached hydrogen (secondary N) is 1. The van der Waals surface area contributed by atoms with Crippen molar-refractivity contribution in [3.8, 4) is 0 Å². The average Bonchev–Trinajstić information content (AvgIpc) is 2.43. The SMILES string of the molecule is CC(C)CN1CCOC(CNC(=O)CN2CC(C)OC(C)C2)C1. The molecule has 1 amide bonds. The molecule has 0 aromatic rings. The lowest BCUT2D eigenvalue weighted by Crippen LogP contribution is -2.51. The summed E-state index contributed by atoms with van der Waals surface area (Å²) in [7, 11) is 0. The van der Waals surface area contributed by atoms with Crippen LogP contribution in [0.25, 0.3) is 0 Å². The molecule has 2 rings (SSSR count). The first-order valence-electron chi connectivity index (χ1n) is 8.91. The molecule has 2 aliphatic heterocycles. The maximum atomic E-state index is 12.2. The van der Waals surface area contributed by atoms with Crippen molar-refractivity contribution in [1.29, 1.82) is 0 Å². The van der Waals surface area contributed by atoms with Gasteiger partial charge >= 0.3 is 0 Å². The lowest BCUT2D eigenvalue weighted by atomic mass is 10.2. The van der Waals surface area contributed by atoms with Gasteiger partial charge in [-0.2, -0.15) is 0 Å². The largest absolute Gasteiger partial charge is 0.374 e. The lowest BCUT2D eigenvalue weighted by Gasteiger charge is -2.35. The van der Waals surface area contributed by atoms with E-state index in [9.17, 15) is 4.79 Å². The Morgan fingerprint density at radius 2 is 1.87 bits per heavy atom. The van der Waals surface area contributed by atoms with E-state index in [4.69, 9.17) is 9.47 Å². The molecule has 0 aliphatic carbocycles. The summed E-state index contributed by atoms with van der Waals surface area (Å²) in [6.45, 7) is 15.0. The molecular formula is C17H33N3O3. The van der Waals surface area contributed by atoms with Crippen molar-refractivity contribution >= 4 is 5.91 Å². The first-order chi connectivity index (χ1) is 10.9. The number of carbonyl (C=O) groups excluding carboxylic acids is 1. The van der Waals surface area contributed by atoms with Crippen LogP contribution in [-0.2, 0) is 14.3 Å². The van der Waals surface area contributed by atoms with Crippen molar-refractivity contribution < 1.29 is 14.3 Å². The molecule has 2 aliphatic rings. The molecule has 3 unspecified atom stereocenters. The zero-order chi connectivity index (χ0) is 16.8. The van der Waals surface area contributed by atoms with Crippen LogP contribution in [0.5, 0.6) is 0 Å². The number of amides is 1. The third kappa shape index (κ3) is 6.75. The number of morpholine rings is 2. The van der Waals surface area contributed by atoms with Crippen LogP contribution in [0, 0.1) is 5.92 Å². The molecule has 0 spiro atoms. The Labute approximate surface area is 140 Å². The Hall–Kier alpha value is -0.690. The van der Waals surface area contributed by atoms with Crippen molar-refractivity contribution in [1.82, 2.24) is 15.1 Å². The molecule has 134 valence electrons. The number of rotatable bonds is 6. The Balaban J connectivity index is 1.67. The van der Waals surface area contributed by atoms with Crippen LogP contribution >= 0.6 is 0 Å². The van der Waals surface area contributed by atoms with E-state index in [2.05, 4.69) is 42.8 Å². The summed E-state index contributed by atoms with van der Waals surface area (Å²) in [5.41, 5.74) is 0. The Morgan fingerprint density at radius 3 is 2.52 bits per heavy atom. The van der Waals surface area contributed by atoms with Crippen LogP contribution < -0.4 is 5.32 Å². The van der Waals surface area contributed by atoms with Gasteiger partial charge in [0, 0.05) is 39.3 Å². The second kappa shape index (κ2) is 8.97. The monoisotopic (exact) mass is 327 g/mol. The zero-order valence-corrected chi connectivity index (χ0v) is 15.1. The maximum absolute atomic E-state index is 12.2. The molecule has 0 aromatic heterocycles. The van der Waals surface area contributed by atoms with Gasteiger partial charge in [-0.15, -0.1) is 0 Å². The van der Waals surface area contributed by atoms with E-state index in [1.165, 1.54) is 0 Å². The smallest absolute Gasteiger partial charge is 0.234 e. The molecule has 0 bridgehead atoms. The van der Waals surface area contributed by atoms with Gasteiger partial charge in [0.25, 0.3) is 0 Å². The molecular weight excluding hydrogens is 294 g/mol. The van der Waals surface area contributed by atoms with E-state index < -0.39 is 0 Å². The fraction of sp³-hybridized carbons (Fsp3) is 0.941. The lowest BCUT2D eigenvalue weighted by molar-refractivity contribution is -0.127.